The number of aliphatic carboxylic acids is 1. The molecule has 2 N–H and O–H groups in total. The van der Waals surface area contributed by atoms with Crippen molar-refractivity contribution in [2.24, 2.45) is 5.41 Å². The first kappa shape index (κ1) is 12.6. The largest absolute Gasteiger partial charge is 0.504 e. The highest BCUT2D eigenvalue weighted by atomic mass is 16.4. The molecule has 0 aliphatic heterocycles. The number of phenols is 1. The van der Waals surface area contributed by atoms with Crippen LogP contribution in [-0.4, -0.2) is 16.2 Å². The second kappa shape index (κ2) is 4.03. The Labute approximate surface area is 114 Å². The fourth-order valence-electron chi connectivity index (χ4n) is 2.40. The lowest BCUT2D eigenvalue weighted by atomic mass is 9.84. The number of rotatable bonds is 3. The van der Waals surface area contributed by atoms with Crippen LogP contribution in [0.25, 0.3) is 21.9 Å². The number of benzene rings is 1. The zero-order chi connectivity index (χ0) is 14.5. The van der Waals surface area contributed by atoms with Crippen molar-refractivity contribution in [1.29, 1.82) is 0 Å². The minimum Gasteiger partial charge on any atom is -0.504 e. The van der Waals surface area contributed by atoms with Gasteiger partial charge >= 0.3 is 5.97 Å². The van der Waals surface area contributed by atoms with Gasteiger partial charge in [-0.2, -0.15) is 0 Å². The summed E-state index contributed by atoms with van der Waals surface area (Å²) < 4.78 is 10.7. The number of carboxylic acid groups (broad SMARTS) is 1. The van der Waals surface area contributed by atoms with E-state index in [0.29, 0.717) is 21.9 Å². The van der Waals surface area contributed by atoms with Crippen molar-refractivity contribution in [2.75, 3.05) is 0 Å². The van der Waals surface area contributed by atoms with Crippen molar-refractivity contribution < 1.29 is 23.8 Å². The van der Waals surface area contributed by atoms with E-state index in [1.54, 1.807) is 26.0 Å². The average Bonchev–Trinajstić information content (AvgIpc) is 3.03. The molecule has 5 heteroatoms. The van der Waals surface area contributed by atoms with E-state index in [9.17, 15) is 15.0 Å². The van der Waals surface area contributed by atoms with Gasteiger partial charge < -0.3 is 19.0 Å². The van der Waals surface area contributed by atoms with Crippen LogP contribution < -0.4 is 0 Å². The highest BCUT2D eigenvalue weighted by Crippen LogP contribution is 2.41. The quantitative estimate of drug-likeness (QED) is 0.763. The van der Waals surface area contributed by atoms with E-state index < -0.39 is 11.4 Å². The van der Waals surface area contributed by atoms with Crippen molar-refractivity contribution in [3.8, 4) is 5.75 Å². The van der Waals surface area contributed by atoms with Gasteiger partial charge in [0.05, 0.1) is 23.3 Å². The van der Waals surface area contributed by atoms with Gasteiger partial charge in [-0.3, -0.25) is 4.79 Å². The third kappa shape index (κ3) is 1.66. The molecule has 0 radical (unpaired) electrons. The van der Waals surface area contributed by atoms with Crippen molar-refractivity contribution in [2.45, 2.75) is 20.3 Å². The topological polar surface area (TPSA) is 83.8 Å². The molecule has 3 rings (SSSR count). The van der Waals surface area contributed by atoms with Gasteiger partial charge in [-0.05, 0) is 32.4 Å². The summed E-state index contributed by atoms with van der Waals surface area (Å²) in [7, 11) is 0. The fraction of sp³-hybridized carbons (Fsp3) is 0.267. The lowest BCUT2D eigenvalue weighted by Gasteiger charge is -2.19. The van der Waals surface area contributed by atoms with Gasteiger partial charge in [0.2, 0.25) is 0 Å². The van der Waals surface area contributed by atoms with Gasteiger partial charge in [-0.15, -0.1) is 0 Å². The lowest BCUT2D eigenvalue weighted by molar-refractivity contribution is -0.146. The van der Waals surface area contributed by atoms with Gasteiger partial charge in [0.15, 0.2) is 11.3 Å². The number of aromatic hydroxyl groups is 1. The predicted molar refractivity (Wildman–Crippen MR) is 72.8 cm³/mol. The first-order valence-corrected chi connectivity index (χ1v) is 6.23. The fourth-order valence-corrected chi connectivity index (χ4v) is 2.40. The molecule has 0 saturated carbocycles. The number of fused-ring (bicyclic) bond motifs is 2. The minimum atomic E-state index is -0.944. The summed E-state index contributed by atoms with van der Waals surface area (Å²) in [5.74, 6) is -0.868. The number of furan rings is 2. The summed E-state index contributed by atoms with van der Waals surface area (Å²) in [4.78, 5) is 11.3. The standard InChI is InChI=1S/C15H14O5/c1-15(2,14(17)18)7-10-8-3-5-20-13(8)11(16)9-4-6-19-12(9)10/h3-6,16H,7H2,1-2H3,(H,17,18). The number of carboxylic acids is 1. The van der Waals surface area contributed by atoms with E-state index in [-0.39, 0.29) is 12.2 Å². The second-order valence-electron chi connectivity index (χ2n) is 5.52. The SMILES string of the molecule is CC(C)(Cc1c2ccoc2c(O)c2ccoc12)C(=O)O. The number of phenolic OH excluding ortho intramolecular Hbond substituents is 1. The van der Waals surface area contributed by atoms with Crippen LogP contribution in [0.5, 0.6) is 5.75 Å². The van der Waals surface area contributed by atoms with Gasteiger partial charge in [-0.25, -0.2) is 0 Å². The summed E-state index contributed by atoms with van der Waals surface area (Å²) in [6.45, 7) is 3.31. The molecular weight excluding hydrogens is 260 g/mol. The highest BCUT2D eigenvalue weighted by Gasteiger charge is 2.31. The van der Waals surface area contributed by atoms with Crippen molar-refractivity contribution >= 4 is 27.9 Å². The van der Waals surface area contributed by atoms with Gasteiger partial charge in [-0.1, -0.05) is 0 Å². The summed E-state index contributed by atoms with van der Waals surface area (Å²) >= 11 is 0. The Bertz CT molecular complexity index is 755. The van der Waals surface area contributed by atoms with Gasteiger partial charge in [0.25, 0.3) is 0 Å². The normalized spacial score (nSPS) is 12.3. The van der Waals surface area contributed by atoms with Crippen LogP contribution in [-0.2, 0) is 11.2 Å². The molecule has 0 unspecified atom stereocenters. The molecule has 20 heavy (non-hydrogen) atoms. The lowest BCUT2D eigenvalue weighted by Crippen LogP contribution is -2.26. The second-order valence-corrected chi connectivity index (χ2v) is 5.52. The molecule has 0 bridgehead atoms. The van der Waals surface area contributed by atoms with Crippen LogP contribution in [0.15, 0.2) is 33.5 Å². The van der Waals surface area contributed by atoms with Crippen LogP contribution in [0.2, 0.25) is 0 Å². The summed E-state index contributed by atoms with van der Waals surface area (Å²) in [6.07, 6.45) is 3.23. The Morgan fingerprint density at radius 2 is 1.75 bits per heavy atom. The van der Waals surface area contributed by atoms with Crippen molar-refractivity contribution in [1.82, 2.24) is 0 Å². The Kier molecular flexibility index (Phi) is 2.54. The molecule has 2 heterocycles. The third-order valence-corrected chi connectivity index (χ3v) is 3.60. The Hall–Kier alpha value is -2.43. The minimum absolute atomic E-state index is 0.0191. The Morgan fingerprint density at radius 3 is 2.40 bits per heavy atom. The van der Waals surface area contributed by atoms with Crippen LogP contribution in [0.4, 0.5) is 0 Å². The number of hydrogen-bond donors (Lipinski definition) is 2. The maximum Gasteiger partial charge on any atom is 0.309 e. The smallest absolute Gasteiger partial charge is 0.309 e. The molecule has 0 saturated heterocycles. The molecule has 0 spiro atoms. The Morgan fingerprint density at radius 1 is 1.15 bits per heavy atom. The first-order chi connectivity index (χ1) is 9.42. The molecule has 5 nitrogen and oxygen atoms in total. The van der Waals surface area contributed by atoms with Crippen LogP contribution in [0, 0.1) is 5.41 Å². The molecule has 0 atom stereocenters. The summed E-state index contributed by atoms with van der Waals surface area (Å²) in [5, 5.41) is 20.7. The highest BCUT2D eigenvalue weighted by molar-refractivity contribution is 6.04. The molecule has 0 fully saturated rings. The van der Waals surface area contributed by atoms with Gasteiger partial charge in [0, 0.05) is 10.9 Å². The molecule has 1 aromatic carbocycles. The molecule has 2 aromatic heterocycles. The Balaban J connectivity index is 2.31. The maximum absolute atomic E-state index is 11.3. The molecular formula is C15H14O5. The first-order valence-electron chi connectivity index (χ1n) is 6.23. The van der Waals surface area contributed by atoms with Crippen LogP contribution in [0.3, 0.4) is 0 Å². The molecule has 0 amide bonds. The summed E-state index contributed by atoms with van der Waals surface area (Å²) in [5.41, 5.74) is 0.653. The van der Waals surface area contributed by atoms with E-state index in [1.165, 1.54) is 12.5 Å². The number of hydrogen-bond acceptors (Lipinski definition) is 4. The molecule has 3 aromatic rings. The zero-order valence-corrected chi connectivity index (χ0v) is 11.1. The van der Waals surface area contributed by atoms with Crippen molar-refractivity contribution in [3.05, 3.63) is 30.2 Å². The van der Waals surface area contributed by atoms with Crippen LogP contribution in [0.1, 0.15) is 19.4 Å². The molecule has 104 valence electrons. The summed E-state index contributed by atoms with van der Waals surface area (Å²) in [6, 6.07) is 3.36. The molecule has 0 aliphatic carbocycles. The van der Waals surface area contributed by atoms with Gasteiger partial charge in [0.1, 0.15) is 5.58 Å². The average molecular weight is 274 g/mol. The van der Waals surface area contributed by atoms with E-state index in [0.717, 1.165) is 5.56 Å². The third-order valence-electron chi connectivity index (χ3n) is 3.60. The van der Waals surface area contributed by atoms with E-state index in [1.807, 2.05) is 0 Å². The monoisotopic (exact) mass is 274 g/mol. The van der Waals surface area contributed by atoms with Crippen LogP contribution >= 0.6 is 0 Å². The van der Waals surface area contributed by atoms with Crippen molar-refractivity contribution in [3.63, 3.8) is 0 Å². The number of carbonyl (C=O) groups is 1. The van der Waals surface area contributed by atoms with E-state index >= 15 is 0 Å². The zero-order valence-electron chi connectivity index (χ0n) is 11.1. The van der Waals surface area contributed by atoms with E-state index in [2.05, 4.69) is 0 Å². The maximum atomic E-state index is 11.3. The molecule has 0 aliphatic rings. The van der Waals surface area contributed by atoms with E-state index in [4.69, 9.17) is 8.83 Å². The predicted octanol–water partition coefficient (Wildman–Crippen LogP) is 3.54.